The smallest absolute Gasteiger partial charge is 0.370 e. The van der Waals surface area contributed by atoms with Gasteiger partial charge in [-0.15, -0.1) is 0 Å². The van der Waals surface area contributed by atoms with Crippen molar-refractivity contribution >= 4 is 5.78 Å². The number of rotatable bonds is 3. The number of hydrogen-bond acceptors (Lipinski definition) is 2. The molecule has 0 amide bonds. The average molecular weight is 272 g/mol. The van der Waals surface area contributed by atoms with Crippen LogP contribution in [0.4, 0.5) is 13.2 Å². The van der Waals surface area contributed by atoms with Gasteiger partial charge in [-0.2, -0.15) is 13.2 Å². The predicted molar refractivity (Wildman–Crippen MR) is 63.7 cm³/mol. The van der Waals surface area contributed by atoms with Gasteiger partial charge in [-0.05, 0) is 30.0 Å². The summed E-state index contributed by atoms with van der Waals surface area (Å²) in [4.78, 5) is 12.0. The van der Waals surface area contributed by atoms with Crippen LogP contribution < -0.4 is 0 Å². The topological polar surface area (TPSA) is 26.3 Å². The number of carbonyl (C=O) groups is 1. The van der Waals surface area contributed by atoms with Gasteiger partial charge in [0.05, 0.1) is 5.56 Å². The second kappa shape index (κ2) is 5.33. The van der Waals surface area contributed by atoms with E-state index in [1.54, 1.807) is 0 Å². The van der Waals surface area contributed by atoms with Crippen LogP contribution in [0.25, 0.3) is 0 Å². The third-order valence-corrected chi connectivity index (χ3v) is 3.36. The second-order valence-electron chi connectivity index (χ2n) is 4.90. The molecule has 2 atom stereocenters. The fourth-order valence-corrected chi connectivity index (χ4v) is 2.22. The van der Waals surface area contributed by atoms with Gasteiger partial charge in [-0.3, -0.25) is 4.79 Å². The first-order valence-corrected chi connectivity index (χ1v) is 6.18. The Morgan fingerprint density at radius 3 is 2.42 bits per heavy atom. The van der Waals surface area contributed by atoms with Crippen LogP contribution in [0.1, 0.15) is 24.5 Å². The van der Waals surface area contributed by atoms with E-state index in [4.69, 9.17) is 4.74 Å². The molecule has 0 radical (unpaired) electrons. The first kappa shape index (κ1) is 14.1. The number of Topliss-reactive ketones (excluding diaryl/α,β-unsaturated/α-hetero) is 1. The molecule has 0 aromatic heterocycles. The molecule has 5 heteroatoms. The van der Waals surface area contributed by atoms with Crippen molar-refractivity contribution < 1.29 is 22.7 Å². The summed E-state index contributed by atoms with van der Waals surface area (Å²) in [7, 11) is 0. The summed E-state index contributed by atoms with van der Waals surface area (Å²) in [6.07, 6.45) is -3.79. The molecular formula is C14H15F3O2. The zero-order valence-electron chi connectivity index (χ0n) is 10.5. The van der Waals surface area contributed by atoms with Crippen molar-refractivity contribution in [2.75, 3.05) is 6.61 Å². The van der Waals surface area contributed by atoms with Gasteiger partial charge in [0.2, 0.25) is 0 Å². The van der Waals surface area contributed by atoms with Gasteiger partial charge in [-0.25, -0.2) is 0 Å². The van der Waals surface area contributed by atoms with E-state index in [0.29, 0.717) is 12.2 Å². The molecule has 1 heterocycles. The molecule has 0 spiro atoms. The lowest BCUT2D eigenvalue weighted by atomic mass is 9.96. The summed E-state index contributed by atoms with van der Waals surface area (Å²) in [5, 5.41) is 0. The van der Waals surface area contributed by atoms with Gasteiger partial charge in [-0.1, -0.05) is 19.1 Å². The maximum absolute atomic E-state index is 12.4. The molecule has 0 aliphatic carbocycles. The molecule has 1 saturated heterocycles. The van der Waals surface area contributed by atoms with Crippen molar-refractivity contribution in [1.29, 1.82) is 0 Å². The molecule has 0 bridgehead atoms. The zero-order valence-corrected chi connectivity index (χ0v) is 10.5. The number of alkyl halides is 3. The van der Waals surface area contributed by atoms with Crippen molar-refractivity contribution in [1.82, 2.24) is 0 Å². The highest BCUT2D eigenvalue weighted by atomic mass is 19.4. The lowest BCUT2D eigenvalue weighted by Crippen LogP contribution is -2.26. The van der Waals surface area contributed by atoms with E-state index in [1.807, 2.05) is 6.92 Å². The number of ketones is 1. The van der Waals surface area contributed by atoms with Crippen molar-refractivity contribution in [3.8, 4) is 0 Å². The molecule has 0 N–H and O–H groups in total. The molecule has 1 aromatic carbocycles. The van der Waals surface area contributed by atoms with E-state index in [2.05, 4.69) is 0 Å². The van der Waals surface area contributed by atoms with Crippen LogP contribution in [0.5, 0.6) is 0 Å². The highest BCUT2D eigenvalue weighted by Crippen LogP contribution is 2.29. The molecule has 0 saturated carbocycles. The summed E-state index contributed by atoms with van der Waals surface area (Å²) in [6, 6.07) is 4.70. The van der Waals surface area contributed by atoms with Crippen molar-refractivity contribution in [2.45, 2.75) is 32.0 Å². The Morgan fingerprint density at radius 1 is 1.32 bits per heavy atom. The van der Waals surface area contributed by atoms with Crippen LogP contribution in [0.3, 0.4) is 0 Å². The largest absolute Gasteiger partial charge is 0.416 e. The van der Waals surface area contributed by atoms with Crippen molar-refractivity contribution in [2.24, 2.45) is 5.92 Å². The SMILES string of the molecule is CC1CCOC1C(=O)Cc1ccc(C(F)(F)F)cc1. The molecule has 19 heavy (non-hydrogen) atoms. The molecule has 2 unspecified atom stereocenters. The number of carbonyl (C=O) groups excluding carboxylic acids is 1. The molecule has 1 aliphatic rings. The molecular weight excluding hydrogens is 257 g/mol. The Kier molecular flexibility index (Phi) is 3.94. The van der Waals surface area contributed by atoms with Gasteiger partial charge < -0.3 is 4.74 Å². The Labute approximate surface area is 109 Å². The summed E-state index contributed by atoms with van der Waals surface area (Å²) < 4.78 is 42.5. The zero-order chi connectivity index (χ0) is 14.0. The van der Waals surface area contributed by atoms with Gasteiger partial charge in [0.25, 0.3) is 0 Å². The standard InChI is InChI=1S/C14H15F3O2/c1-9-6-7-19-13(9)12(18)8-10-2-4-11(5-3-10)14(15,16)17/h2-5,9,13H,6-8H2,1H3. The van der Waals surface area contributed by atoms with E-state index >= 15 is 0 Å². The van der Waals surface area contributed by atoms with Gasteiger partial charge in [0.15, 0.2) is 5.78 Å². The van der Waals surface area contributed by atoms with Crippen molar-refractivity contribution in [3.05, 3.63) is 35.4 Å². The maximum Gasteiger partial charge on any atom is 0.416 e. The first-order chi connectivity index (χ1) is 8.88. The van der Waals surface area contributed by atoms with Crippen LogP contribution in [0.2, 0.25) is 0 Å². The average Bonchev–Trinajstić information content (AvgIpc) is 2.75. The lowest BCUT2D eigenvalue weighted by molar-refractivity contribution is -0.137. The monoisotopic (exact) mass is 272 g/mol. The minimum Gasteiger partial charge on any atom is -0.370 e. The normalized spacial score (nSPS) is 23.6. The fraction of sp³-hybridized carbons (Fsp3) is 0.500. The Bertz CT molecular complexity index is 451. The Morgan fingerprint density at radius 2 is 1.95 bits per heavy atom. The molecule has 2 nitrogen and oxygen atoms in total. The quantitative estimate of drug-likeness (QED) is 0.844. The first-order valence-electron chi connectivity index (χ1n) is 6.18. The van der Waals surface area contributed by atoms with Gasteiger partial charge in [0.1, 0.15) is 6.10 Å². The summed E-state index contributed by atoms with van der Waals surface area (Å²) >= 11 is 0. The minimum atomic E-state index is -4.34. The molecule has 1 fully saturated rings. The molecule has 2 rings (SSSR count). The number of halogens is 3. The highest BCUT2D eigenvalue weighted by molar-refractivity contribution is 5.85. The van der Waals surface area contributed by atoms with E-state index in [-0.39, 0.29) is 18.1 Å². The number of ether oxygens (including phenoxy) is 1. The van der Waals surface area contributed by atoms with Crippen LogP contribution in [0.15, 0.2) is 24.3 Å². The summed E-state index contributed by atoms with van der Waals surface area (Å²) in [6.45, 7) is 2.52. The number of benzene rings is 1. The summed E-state index contributed by atoms with van der Waals surface area (Å²) in [5.74, 6) is 0.117. The van der Waals surface area contributed by atoms with E-state index < -0.39 is 17.8 Å². The van der Waals surface area contributed by atoms with E-state index in [9.17, 15) is 18.0 Å². The van der Waals surface area contributed by atoms with Crippen molar-refractivity contribution in [3.63, 3.8) is 0 Å². The highest BCUT2D eigenvalue weighted by Gasteiger charge is 2.32. The second-order valence-corrected chi connectivity index (χ2v) is 4.90. The van der Waals surface area contributed by atoms with Gasteiger partial charge >= 0.3 is 6.18 Å². The van der Waals surface area contributed by atoms with E-state index in [1.165, 1.54) is 12.1 Å². The third kappa shape index (κ3) is 3.35. The predicted octanol–water partition coefficient (Wildman–Crippen LogP) is 3.24. The van der Waals surface area contributed by atoms with Crippen LogP contribution in [-0.4, -0.2) is 18.5 Å². The fourth-order valence-electron chi connectivity index (χ4n) is 2.22. The third-order valence-electron chi connectivity index (χ3n) is 3.36. The lowest BCUT2D eigenvalue weighted by Gasteiger charge is -2.13. The summed E-state index contributed by atoms with van der Waals surface area (Å²) in [5.41, 5.74) is -0.116. The maximum atomic E-state index is 12.4. The number of hydrogen-bond donors (Lipinski definition) is 0. The van der Waals surface area contributed by atoms with E-state index in [0.717, 1.165) is 18.6 Å². The Hall–Kier alpha value is -1.36. The van der Waals surface area contributed by atoms with Gasteiger partial charge in [0, 0.05) is 13.0 Å². The molecule has 1 aromatic rings. The van der Waals surface area contributed by atoms with Crippen LogP contribution in [0, 0.1) is 5.92 Å². The molecule has 104 valence electrons. The Balaban J connectivity index is 2.02. The van der Waals surface area contributed by atoms with Crippen LogP contribution in [-0.2, 0) is 22.1 Å². The minimum absolute atomic E-state index is 0.0650. The van der Waals surface area contributed by atoms with Crippen LogP contribution >= 0.6 is 0 Å². The molecule has 1 aliphatic heterocycles.